The Morgan fingerprint density at radius 2 is 2.05 bits per heavy atom. The lowest BCUT2D eigenvalue weighted by Crippen LogP contribution is -1.99. The zero-order chi connectivity index (χ0) is 14.7. The van der Waals surface area contributed by atoms with Crippen molar-refractivity contribution in [1.29, 1.82) is 0 Å². The molecule has 0 aliphatic heterocycles. The molecule has 0 saturated heterocycles. The van der Waals surface area contributed by atoms with Crippen LogP contribution in [0.4, 0.5) is 0 Å². The summed E-state index contributed by atoms with van der Waals surface area (Å²) < 4.78 is 5.45. The van der Waals surface area contributed by atoms with E-state index in [0.717, 1.165) is 28.5 Å². The third-order valence-electron chi connectivity index (χ3n) is 3.23. The second kappa shape index (κ2) is 5.87. The minimum absolute atomic E-state index is 0.0195. The third kappa shape index (κ3) is 2.87. The fraction of sp³-hybridized carbons (Fsp3) is 0.294. The molecule has 0 spiro atoms. The number of ketones is 1. The molecule has 0 fully saturated rings. The minimum atomic E-state index is -0.0195. The van der Waals surface area contributed by atoms with Gasteiger partial charge in [0.05, 0.1) is 7.11 Å². The molecule has 20 heavy (non-hydrogen) atoms. The largest absolute Gasteiger partial charge is 0.496 e. The first-order valence-corrected chi connectivity index (χ1v) is 6.63. The number of rotatable bonds is 4. The molecular weight excluding hydrogens is 250 g/mol. The second-order valence-electron chi connectivity index (χ2n) is 5.09. The molecule has 0 aliphatic rings. The lowest BCUT2D eigenvalue weighted by molar-refractivity contribution is 0.101. The van der Waals surface area contributed by atoms with Crippen molar-refractivity contribution in [3.63, 3.8) is 0 Å². The Kier molecular flexibility index (Phi) is 4.18. The van der Waals surface area contributed by atoms with E-state index in [1.165, 1.54) is 5.57 Å². The summed E-state index contributed by atoms with van der Waals surface area (Å²) in [5.74, 6) is 0.824. The molecule has 0 bridgehead atoms. The van der Waals surface area contributed by atoms with Crippen LogP contribution in [0.2, 0.25) is 0 Å². The molecule has 0 radical (unpaired) electrons. The van der Waals surface area contributed by atoms with Gasteiger partial charge in [-0.05, 0) is 49.4 Å². The Morgan fingerprint density at radius 1 is 1.30 bits per heavy atom. The smallest absolute Gasteiger partial charge is 0.178 e. The van der Waals surface area contributed by atoms with Crippen molar-refractivity contribution in [2.75, 3.05) is 7.11 Å². The molecule has 1 aromatic carbocycles. The normalized spacial score (nSPS) is 10.4. The van der Waals surface area contributed by atoms with Gasteiger partial charge in [0.15, 0.2) is 5.78 Å². The highest BCUT2D eigenvalue weighted by molar-refractivity contribution is 6.05. The summed E-state index contributed by atoms with van der Waals surface area (Å²) >= 11 is 0. The van der Waals surface area contributed by atoms with E-state index >= 15 is 0 Å². The molecule has 1 heterocycles. The lowest BCUT2D eigenvalue weighted by atomic mass is 10.0. The van der Waals surface area contributed by atoms with E-state index in [9.17, 15) is 4.79 Å². The zero-order valence-electron chi connectivity index (χ0n) is 12.4. The van der Waals surface area contributed by atoms with Gasteiger partial charge in [0.2, 0.25) is 0 Å². The number of fused-ring (bicyclic) bond motifs is 1. The standard InChI is InChI=1S/C17H19NO2/c1-11(2)5-6-14-9-15-13(10-16(14)20-4)7-8-18-17(15)12(3)19/h5,7-10H,6H2,1-4H3. The van der Waals surface area contributed by atoms with E-state index in [1.807, 2.05) is 18.2 Å². The fourth-order valence-corrected chi connectivity index (χ4v) is 2.19. The number of hydrogen-bond donors (Lipinski definition) is 0. The zero-order valence-corrected chi connectivity index (χ0v) is 12.4. The number of allylic oxidation sites excluding steroid dienone is 2. The number of ether oxygens (including phenoxy) is 1. The minimum Gasteiger partial charge on any atom is -0.496 e. The van der Waals surface area contributed by atoms with Crippen LogP contribution in [-0.2, 0) is 6.42 Å². The Balaban J connectivity index is 2.64. The number of methoxy groups -OCH3 is 1. The number of benzene rings is 1. The Morgan fingerprint density at radius 3 is 2.65 bits per heavy atom. The van der Waals surface area contributed by atoms with Crippen LogP contribution < -0.4 is 4.74 Å². The highest BCUT2D eigenvalue weighted by Gasteiger charge is 2.11. The van der Waals surface area contributed by atoms with Gasteiger partial charge in [-0.2, -0.15) is 0 Å². The van der Waals surface area contributed by atoms with Gasteiger partial charge in [0.1, 0.15) is 11.4 Å². The topological polar surface area (TPSA) is 39.2 Å². The van der Waals surface area contributed by atoms with E-state index in [0.29, 0.717) is 5.69 Å². The molecule has 0 saturated carbocycles. The molecule has 0 unspecified atom stereocenters. The van der Waals surface area contributed by atoms with Crippen LogP contribution in [0.5, 0.6) is 5.75 Å². The summed E-state index contributed by atoms with van der Waals surface area (Å²) in [4.78, 5) is 15.9. The van der Waals surface area contributed by atoms with Gasteiger partial charge in [-0.1, -0.05) is 11.6 Å². The Labute approximate surface area is 119 Å². The number of pyridine rings is 1. The van der Waals surface area contributed by atoms with Crippen molar-refractivity contribution >= 4 is 16.6 Å². The molecule has 0 amide bonds. The number of hydrogen-bond acceptors (Lipinski definition) is 3. The maximum atomic E-state index is 11.7. The molecule has 0 atom stereocenters. The highest BCUT2D eigenvalue weighted by atomic mass is 16.5. The first kappa shape index (κ1) is 14.3. The number of Topliss-reactive ketones (excluding diaryl/α,β-unsaturated/α-hetero) is 1. The van der Waals surface area contributed by atoms with Gasteiger partial charge in [-0.25, -0.2) is 0 Å². The molecule has 2 rings (SSSR count). The molecule has 0 N–H and O–H groups in total. The van der Waals surface area contributed by atoms with Gasteiger partial charge in [0.25, 0.3) is 0 Å². The fourth-order valence-electron chi connectivity index (χ4n) is 2.19. The average molecular weight is 269 g/mol. The van der Waals surface area contributed by atoms with Crippen LogP contribution in [0.25, 0.3) is 10.8 Å². The maximum Gasteiger partial charge on any atom is 0.178 e. The number of carbonyl (C=O) groups excluding carboxylic acids is 1. The van der Waals surface area contributed by atoms with Crippen molar-refractivity contribution in [2.24, 2.45) is 0 Å². The van der Waals surface area contributed by atoms with Crippen LogP contribution in [0, 0.1) is 0 Å². The summed E-state index contributed by atoms with van der Waals surface area (Å²) in [7, 11) is 1.67. The number of carbonyl (C=O) groups is 1. The van der Waals surface area contributed by atoms with E-state index in [-0.39, 0.29) is 5.78 Å². The predicted octanol–water partition coefficient (Wildman–Crippen LogP) is 3.95. The molecule has 1 aromatic heterocycles. The van der Waals surface area contributed by atoms with Crippen LogP contribution >= 0.6 is 0 Å². The van der Waals surface area contributed by atoms with Gasteiger partial charge >= 0.3 is 0 Å². The van der Waals surface area contributed by atoms with E-state index in [4.69, 9.17) is 4.74 Å². The van der Waals surface area contributed by atoms with Gasteiger partial charge in [0, 0.05) is 18.5 Å². The number of aromatic nitrogens is 1. The highest BCUT2D eigenvalue weighted by Crippen LogP contribution is 2.28. The summed E-state index contributed by atoms with van der Waals surface area (Å²) in [6, 6.07) is 5.88. The molecule has 3 heteroatoms. The van der Waals surface area contributed by atoms with E-state index in [2.05, 4.69) is 24.9 Å². The van der Waals surface area contributed by atoms with E-state index in [1.54, 1.807) is 20.2 Å². The van der Waals surface area contributed by atoms with Crippen LogP contribution in [0.3, 0.4) is 0 Å². The Bertz CT molecular complexity index is 683. The van der Waals surface area contributed by atoms with Crippen LogP contribution in [-0.4, -0.2) is 17.9 Å². The Hall–Kier alpha value is -2.16. The average Bonchev–Trinajstić information content (AvgIpc) is 2.42. The van der Waals surface area contributed by atoms with Crippen molar-refractivity contribution in [1.82, 2.24) is 4.98 Å². The molecule has 2 aromatic rings. The summed E-state index contributed by atoms with van der Waals surface area (Å²) in [5.41, 5.74) is 2.84. The van der Waals surface area contributed by atoms with Crippen molar-refractivity contribution in [2.45, 2.75) is 27.2 Å². The maximum absolute atomic E-state index is 11.7. The second-order valence-corrected chi connectivity index (χ2v) is 5.09. The summed E-state index contributed by atoms with van der Waals surface area (Å²) in [6.45, 7) is 5.67. The molecule has 0 aliphatic carbocycles. The molecule has 104 valence electrons. The summed E-state index contributed by atoms with van der Waals surface area (Å²) in [5, 5.41) is 1.86. The monoisotopic (exact) mass is 269 g/mol. The van der Waals surface area contributed by atoms with Gasteiger partial charge in [-0.3, -0.25) is 9.78 Å². The summed E-state index contributed by atoms with van der Waals surface area (Å²) in [6.07, 6.45) is 4.59. The molecular formula is C17H19NO2. The van der Waals surface area contributed by atoms with E-state index < -0.39 is 0 Å². The van der Waals surface area contributed by atoms with Crippen LogP contribution in [0.15, 0.2) is 36.0 Å². The quantitative estimate of drug-likeness (QED) is 0.623. The molecule has 3 nitrogen and oxygen atoms in total. The predicted molar refractivity (Wildman–Crippen MR) is 81.4 cm³/mol. The third-order valence-corrected chi connectivity index (χ3v) is 3.23. The van der Waals surface area contributed by atoms with Crippen molar-refractivity contribution in [3.05, 3.63) is 47.3 Å². The van der Waals surface area contributed by atoms with Crippen LogP contribution in [0.1, 0.15) is 36.8 Å². The first-order valence-electron chi connectivity index (χ1n) is 6.63. The number of nitrogens with zero attached hydrogens (tertiary/aromatic N) is 1. The van der Waals surface area contributed by atoms with Crippen molar-refractivity contribution in [3.8, 4) is 5.75 Å². The van der Waals surface area contributed by atoms with Gasteiger partial charge in [-0.15, -0.1) is 0 Å². The SMILES string of the molecule is COc1cc2ccnc(C(C)=O)c2cc1CC=C(C)C. The van der Waals surface area contributed by atoms with Crippen molar-refractivity contribution < 1.29 is 9.53 Å². The van der Waals surface area contributed by atoms with Gasteiger partial charge < -0.3 is 4.74 Å². The first-order chi connectivity index (χ1) is 9.52. The lowest BCUT2D eigenvalue weighted by Gasteiger charge is -2.10.